The van der Waals surface area contributed by atoms with Crippen molar-refractivity contribution < 1.29 is 35.9 Å². The van der Waals surface area contributed by atoms with E-state index in [1.54, 1.807) is 12.3 Å². The fourth-order valence-corrected chi connectivity index (χ4v) is 5.07. The number of aromatic nitrogens is 3. The van der Waals surface area contributed by atoms with Gasteiger partial charge in [0, 0.05) is 19.3 Å². The van der Waals surface area contributed by atoms with Crippen LogP contribution in [0.15, 0.2) is 18.5 Å². The molecule has 0 aromatic carbocycles. The summed E-state index contributed by atoms with van der Waals surface area (Å²) in [6, 6.07) is 0.360. The van der Waals surface area contributed by atoms with E-state index in [2.05, 4.69) is 20.7 Å². The Balaban J connectivity index is 1.37. The van der Waals surface area contributed by atoms with Crippen LogP contribution in [0.5, 0.6) is 0 Å². The molecule has 2 amide bonds. The summed E-state index contributed by atoms with van der Waals surface area (Å²) in [5, 5.41) is 9.72. The van der Waals surface area contributed by atoms with Crippen molar-refractivity contribution in [2.75, 3.05) is 0 Å². The van der Waals surface area contributed by atoms with Crippen molar-refractivity contribution in [1.29, 1.82) is 0 Å². The first-order chi connectivity index (χ1) is 17.8. The number of carbonyl (C=O) groups is 2. The van der Waals surface area contributed by atoms with Crippen molar-refractivity contribution >= 4 is 17.5 Å². The highest BCUT2D eigenvalue weighted by atomic mass is 19.4. The molecule has 208 valence electrons. The van der Waals surface area contributed by atoms with E-state index in [0.29, 0.717) is 16.9 Å². The molecule has 38 heavy (non-hydrogen) atoms. The molecule has 2 N–H and O–H groups in total. The molecule has 5 rings (SSSR count). The van der Waals surface area contributed by atoms with Gasteiger partial charge < -0.3 is 10.6 Å². The zero-order valence-electron chi connectivity index (χ0n) is 20.5. The number of hydrogen-bond acceptors (Lipinski definition) is 4. The summed E-state index contributed by atoms with van der Waals surface area (Å²) >= 11 is 0. The van der Waals surface area contributed by atoms with Crippen molar-refractivity contribution in [1.82, 2.24) is 25.2 Å². The highest BCUT2D eigenvalue weighted by molar-refractivity contribution is 5.88. The second-order valence-corrected chi connectivity index (χ2v) is 10.9. The molecule has 0 radical (unpaired) electrons. The van der Waals surface area contributed by atoms with Crippen LogP contribution in [-0.2, 0) is 9.59 Å². The van der Waals surface area contributed by atoms with Crippen LogP contribution in [0.2, 0.25) is 0 Å². The first-order valence-corrected chi connectivity index (χ1v) is 12.9. The van der Waals surface area contributed by atoms with Crippen molar-refractivity contribution in [3.05, 3.63) is 29.7 Å². The summed E-state index contributed by atoms with van der Waals surface area (Å²) in [7, 11) is 0. The summed E-state index contributed by atoms with van der Waals surface area (Å²) in [5.41, 5.74) is -0.645. The molecular formula is C25H29F6N5O2. The molecule has 0 aliphatic heterocycles. The van der Waals surface area contributed by atoms with Crippen LogP contribution in [0.25, 0.3) is 5.65 Å². The Morgan fingerprint density at radius 2 is 1.66 bits per heavy atom. The van der Waals surface area contributed by atoms with Crippen LogP contribution in [0.1, 0.15) is 87.5 Å². The van der Waals surface area contributed by atoms with E-state index in [0.717, 1.165) is 12.8 Å². The van der Waals surface area contributed by atoms with Crippen LogP contribution in [0.3, 0.4) is 0 Å². The van der Waals surface area contributed by atoms with Crippen molar-refractivity contribution in [2.45, 2.75) is 94.1 Å². The third kappa shape index (κ3) is 6.23. The first kappa shape index (κ1) is 26.7. The predicted molar refractivity (Wildman–Crippen MR) is 123 cm³/mol. The van der Waals surface area contributed by atoms with Gasteiger partial charge in [-0.25, -0.2) is 22.7 Å². The Morgan fingerprint density at radius 3 is 2.26 bits per heavy atom. The molecule has 2 atom stereocenters. The fourth-order valence-electron chi connectivity index (χ4n) is 5.07. The maximum absolute atomic E-state index is 14.4. The second kappa shape index (κ2) is 9.71. The maximum Gasteiger partial charge on any atom is 0.389 e. The number of nitrogens with one attached hydrogen (secondary N) is 2. The Labute approximate surface area is 214 Å². The normalized spacial score (nSPS) is 22.6. The number of imidazole rings is 1. The van der Waals surface area contributed by atoms with Crippen LogP contribution >= 0.6 is 0 Å². The molecule has 2 aromatic heterocycles. The van der Waals surface area contributed by atoms with Gasteiger partial charge >= 0.3 is 6.18 Å². The van der Waals surface area contributed by atoms with Gasteiger partial charge in [0.05, 0.1) is 36.6 Å². The van der Waals surface area contributed by atoms with E-state index < -0.39 is 54.5 Å². The minimum absolute atomic E-state index is 0.0683. The lowest BCUT2D eigenvalue weighted by Gasteiger charge is -2.33. The molecule has 2 heterocycles. The summed E-state index contributed by atoms with van der Waals surface area (Å²) in [6.45, 7) is 0. The topological polar surface area (TPSA) is 88.4 Å². The minimum atomic E-state index is -4.43. The largest absolute Gasteiger partial charge is 0.389 e. The molecule has 0 spiro atoms. The third-order valence-corrected chi connectivity index (χ3v) is 7.70. The Morgan fingerprint density at radius 1 is 1.00 bits per heavy atom. The predicted octanol–water partition coefficient (Wildman–Crippen LogP) is 5.12. The van der Waals surface area contributed by atoms with Crippen LogP contribution in [0.4, 0.5) is 26.3 Å². The van der Waals surface area contributed by atoms with Gasteiger partial charge in [0.1, 0.15) is 0 Å². The molecule has 7 nitrogen and oxygen atoms in total. The molecule has 13 heteroatoms. The van der Waals surface area contributed by atoms with E-state index in [9.17, 15) is 35.9 Å². The van der Waals surface area contributed by atoms with E-state index in [1.807, 2.05) is 0 Å². The second-order valence-electron chi connectivity index (χ2n) is 10.9. The lowest BCUT2D eigenvalue weighted by atomic mass is 9.81. The van der Waals surface area contributed by atoms with E-state index in [4.69, 9.17) is 0 Å². The van der Waals surface area contributed by atoms with Crippen LogP contribution < -0.4 is 10.6 Å². The first-order valence-electron chi connectivity index (χ1n) is 12.9. The molecule has 3 saturated carbocycles. The standard InChI is InChI=1S/C25H29F6N5O2/c26-23(9-10-23)22(38)35-21(15-3-6-24(27,28)7-4-15)17-13-36-18(33-17)11-16(12-32-36)20(14-1-2-14)34-19(37)5-8-25(29,30)31/h11-15,20-21H,1-10H2,(H,34,37)(H,35,38)/t20?,21-/m0/s1. The van der Waals surface area contributed by atoms with Gasteiger partial charge in [-0.05, 0) is 62.0 Å². The number of fused-ring (bicyclic) bond motifs is 1. The molecule has 3 aliphatic carbocycles. The quantitative estimate of drug-likeness (QED) is 0.428. The number of hydrogen-bond donors (Lipinski definition) is 2. The maximum atomic E-state index is 14.4. The molecule has 1 unspecified atom stereocenters. The molecule has 0 saturated heterocycles. The number of amides is 2. The molecule has 0 bridgehead atoms. The number of halogens is 6. The monoisotopic (exact) mass is 545 g/mol. The van der Waals surface area contributed by atoms with E-state index in [1.165, 1.54) is 10.7 Å². The molecule has 2 aromatic rings. The van der Waals surface area contributed by atoms with Gasteiger partial charge in [0.25, 0.3) is 5.91 Å². The van der Waals surface area contributed by atoms with Gasteiger partial charge in [-0.3, -0.25) is 9.59 Å². The van der Waals surface area contributed by atoms with Gasteiger partial charge in [0.2, 0.25) is 11.8 Å². The van der Waals surface area contributed by atoms with E-state index >= 15 is 0 Å². The SMILES string of the molecule is O=C(CCC(F)(F)F)NC(c1cnn2cc([C@@H](NC(=O)C3(F)CC3)C3CCC(F)(F)CC3)nc2c1)C1CC1. The highest BCUT2D eigenvalue weighted by Gasteiger charge is 2.52. The summed E-state index contributed by atoms with van der Waals surface area (Å²) in [5.74, 6) is -4.56. The van der Waals surface area contributed by atoms with E-state index in [-0.39, 0.29) is 50.4 Å². The van der Waals surface area contributed by atoms with Gasteiger partial charge in [-0.15, -0.1) is 0 Å². The average Bonchev–Trinajstić information content (AvgIpc) is 3.77. The molecular weight excluding hydrogens is 516 g/mol. The van der Waals surface area contributed by atoms with Crippen LogP contribution in [-0.4, -0.2) is 44.2 Å². The number of carbonyl (C=O) groups excluding carboxylic acids is 2. The minimum Gasteiger partial charge on any atom is -0.349 e. The number of rotatable bonds is 9. The average molecular weight is 546 g/mol. The zero-order valence-corrected chi connectivity index (χ0v) is 20.5. The van der Waals surface area contributed by atoms with Crippen molar-refractivity contribution in [2.24, 2.45) is 11.8 Å². The zero-order chi connectivity index (χ0) is 27.3. The highest BCUT2D eigenvalue weighted by Crippen LogP contribution is 2.44. The van der Waals surface area contributed by atoms with Crippen LogP contribution in [0, 0.1) is 11.8 Å². The smallest absolute Gasteiger partial charge is 0.349 e. The Kier molecular flexibility index (Phi) is 6.83. The summed E-state index contributed by atoms with van der Waals surface area (Å²) in [6.07, 6.45) is -1.82. The molecule has 3 aliphatic rings. The summed E-state index contributed by atoms with van der Waals surface area (Å²) < 4.78 is 81.1. The number of alkyl halides is 6. The Hall–Kier alpha value is -2.86. The van der Waals surface area contributed by atoms with Gasteiger partial charge in [-0.1, -0.05) is 0 Å². The lowest BCUT2D eigenvalue weighted by molar-refractivity contribution is -0.144. The van der Waals surface area contributed by atoms with Gasteiger partial charge in [-0.2, -0.15) is 18.3 Å². The van der Waals surface area contributed by atoms with Crippen molar-refractivity contribution in [3.8, 4) is 0 Å². The fraction of sp³-hybridized carbons (Fsp3) is 0.680. The van der Waals surface area contributed by atoms with Crippen molar-refractivity contribution in [3.63, 3.8) is 0 Å². The Bertz CT molecular complexity index is 1200. The third-order valence-electron chi connectivity index (χ3n) is 7.70. The lowest BCUT2D eigenvalue weighted by Crippen LogP contribution is -2.41. The number of nitrogens with zero attached hydrogens (tertiary/aromatic N) is 3. The molecule has 3 fully saturated rings. The van der Waals surface area contributed by atoms with Gasteiger partial charge in [0.15, 0.2) is 11.3 Å². The summed E-state index contributed by atoms with van der Waals surface area (Å²) in [4.78, 5) is 29.3.